The Hall–Kier alpha value is -1.85. The Kier molecular flexibility index (Phi) is 3.94. The van der Waals surface area contributed by atoms with Crippen molar-refractivity contribution in [3.63, 3.8) is 0 Å². The second kappa shape index (κ2) is 5.87. The van der Waals surface area contributed by atoms with Crippen LogP contribution in [0.25, 0.3) is 0 Å². The molecule has 1 atom stereocenters. The highest BCUT2D eigenvalue weighted by molar-refractivity contribution is 5.82. The van der Waals surface area contributed by atoms with E-state index in [1.165, 1.54) is 0 Å². The predicted molar refractivity (Wildman–Crippen MR) is 77.2 cm³/mol. The smallest absolute Gasteiger partial charge is 0.225 e. The second-order valence-electron chi connectivity index (χ2n) is 6.08. The third kappa shape index (κ3) is 3.25. The molecule has 1 aliphatic heterocycles. The van der Waals surface area contributed by atoms with Crippen LogP contribution >= 0.6 is 0 Å². The van der Waals surface area contributed by atoms with E-state index in [0.717, 1.165) is 31.5 Å². The quantitative estimate of drug-likeness (QED) is 0.875. The number of carbonyl (C=O) groups is 2. The van der Waals surface area contributed by atoms with E-state index in [2.05, 4.69) is 15.3 Å². The van der Waals surface area contributed by atoms with Crippen LogP contribution in [0.5, 0.6) is 0 Å². The van der Waals surface area contributed by atoms with Gasteiger partial charge in [-0.2, -0.15) is 0 Å². The van der Waals surface area contributed by atoms with Crippen molar-refractivity contribution >= 4 is 11.8 Å². The van der Waals surface area contributed by atoms with Gasteiger partial charge in [0, 0.05) is 37.3 Å². The Labute approximate surface area is 124 Å². The number of imidazole rings is 1. The van der Waals surface area contributed by atoms with Gasteiger partial charge in [0.1, 0.15) is 5.82 Å². The molecule has 0 spiro atoms. The Balaban J connectivity index is 1.47. The molecule has 2 aliphatic rings. The van der Waals surface area contributed by atoms with Crippen molar-refractivity contribution in [2.75, 3.05) is 13.1 Å². The molecule has 2 fully saturated rings. The molecule has 1 aromatic heterocycles. The van der Waals surface area contributed by atoms with Crippen molar-refractivity contribution < 1.29 is 9.59 Å². The number of rotatable bonds is 4. The van der Waals surface area contributed by atoms with E-state index in [-0.39, 0.29) is 29.7 Å². The van der Waals surface area contributed by atoms with Crippen molar-refractivity contribution in [2.45, 2.75) is 38.6 Å². The van der Waals surface area contributed by atoms with Gasteiger partial charge in [0.25, 0.3) is 0 Å². The second-order valence-corrected chi connectivity index (χ2v) is 6.08. The molecular weight excluding hydrogens is 268 g/mol. The van der Waals surface area contributed by atoms with Crippen molar-refractivity contribution in [3.05, 3.63) is 18.2 Å². The highest BCUT2D eigenvalue weighted by atomic mass is 16.2. The van der Waals surface area contributed by atoms with Crippen molar-refractivity contribution in [3.8, 4) is 0 Å². The number of carbonyl (C=O) groups excluding carboxylic acids is 2. The van der Waals surface area contributed by atoms with Crippen LogP contribution < -0.4 is 5.32 Å². The van der Waals surface area contributed by atoms with Gasteiger partial charge in [0.2, 0.25) is 11.8 Å². The molecule has 0 radical (unpaired) electrons. The van der Waals surface area contributed by atoms with E-state index < -0.39 is 0 Å². The molecule has 1 aromatic rings. The molecule has 3 rings (SSSR count). The number of nitrogens with one attached hydrogen (secondary N) is 2. The van der Waals surface area contributed by atoms with E-state index in [1.807, 2.05) is 11.8 Å². The number of hydrogen-bond donors (Lipinski definition) is 2. The van der Waals surface area contributed by atoms with Gasteiger partial charge in [0.15, 0.2) is 0 Å². The van der Waals surface area contributed by atoms with Crippen LogP contribution in [-0.4, -0.2) is 39.8 Å². The first-order valence-electron chi connectivity index (χ1n) is 7.73. The first-order valence-corrected chi connectivity index (χ1v) is 7.73. The molecule has 2 heterocycles. The summed E-state index contributed by atoms with van der Waals surface area (Å²) in [7, 11) is 0. The molecule has 1 unspecified atom stereocenters. The lowest BCUT2D eigenvalue weighted by Gasteiger charge is -2.32. The van der Waals surface area contributed by atoms with Crippen molar-refractivity contribution in [2.24, 2.45) is 11.8 Å². The molecule has 1 aliphatic carbocycles. The number of likely N-dealkylation sites (tertiary alicyclic amines) is 1. The molecule has 114 valence electrons. The monoisotopic (exact) mass is 290 g/mol. The average Bonchev–Trinajstić information content (AvgIpc) is 3.20. The maximum Gasteiger partial charge on any atom is 0.225 e. The van der Waals surface area contributed by atoms with E-state index in [1.54, 1.807) is 12.4 Å². The zero-order valence-corrected chi connectivity index (χ0v) is 12.3. The first kappa shape index (κ1) is 14.1. The molecule has 0 aromatic carbocycles. The molecule has 6 nitrogen and oxygen atoms in total. The number of aromatic amines is 1. The summed E-state index contributed by atoms with van der Waals surface area (Å²) in [4.78, 5) is 33.3. The zero-order chi connectivity index (χ0) is 14.8. The third-order valence-corrected chi connectivity index (χ3v) is 4.39. The number of nitrogens with zero attached hydrogens (tertiary/aromatic N) is 2. The van der Waals surface area contributed by atoms with Gasteiger partial charge < -0.3 is 15.2 Å². The van der Waals surface area contributed by atoms with Gasteiger partial charge in [-0.3, -0.25) is 9.59 Å². The Bertz CT molecular complexity index is 502. The van der Waals surface area contributed by atoms with Crippen LogP contribution in [0.4, 0.5) is 0 Å². The standard InChI is InChI=1S/C15H22N4O2/c1-10(13-16-6-7-17-13)18-14(20)11-4-8-19(9-5-11)15(21)12-2-3-12/h6-7,10-12H,2-5,8-9H2,1H3,(H,16,17)(H,18,20). The topological polar surface area (TPSA) is 78.1 Å². The number of amides is 2. The fourth-order valence-corrected chi connectivity index (χ4v) is 2.86. The lowest BCUT2D eigenvalue weighted by molar-refractivity contribution is -0.136. The van der Waals surface area contributed by atoms with E-state index in [0.29, 0.717) is 13.1 Å². The highest BCUT2D eigenvalue weighted by Crippen LogP contribution is 2.32. The third-order valence-electron chi connectivity index (χ3n) is 4.39. The number of H-pyrrole nitrogens is 1. The van der Waals surface area contributed by atoms with Crippen LogP contribution in [0.2, 0.25) is 0 Å². The van der Waals surface area contributed by atoms with Crippen LogP contribution in [0.1, 0.15) is 44.5 Å². The number of piperidine rings is 1. The minimum absolute atomic E-state index is 0.00525. The summed E-state index contributed by atoms with van der Waals surface area (Å²) in [5.41, 5.74) is 0. The zero-order valence-electron chi connectivity index (χ0n) is 12.3. The normalized spacial score (nSPS) is 21.1. The van der Waals surface area contributed by atoms with Gasteiger partial charge in [-0.05, 0) is 32.6 Å². The summed E-state index contributed by atoms with van der Waals surface area (Å²) in [6.07, 6.45) is 7.03. The van der Waals surface area contributed by atoms with Crippen molar-refractivity contribution in [1.82, 2.24) is 20.2 Å². The number of aromatic nitrogens is 2. The molecule has 1 saturated carbocycles. The van der Waals surface area contributed by atoms with Gasteiger partial charge in [-0.15, -0.1) is 0 Å². The summed E-state index contributed by atoms with van der Waals surface area (Å²) < 4.78 is 0. The fraction of sp³-hybridized carbons (Fsp3) is 0.667. The summed E-state index contributed by atoms with van der Waals surface area (Å²) in [6, 6.07) is -0.112. The lowest BCUT2D eigenvalue weighted by atomic mass is 9.95. The Morgan fingerprint density at radius 1 is 1.29 bits per heavy atom. The largest absolute Gasteiger partial charge is 0.347 e. The SMILES string of the molecule is CC(NC(=O)C1CCN(C(=O)C2CC2)CC1)c1ncc[nH]1. The van der Waals surface area contributed by atoms with Gasteiger partial charge in [-0.1, -0.05) is 0 Å². The molecule has 21 heavy (non-hydrogen) atoms. The van der Waals surface area contributed by atoms with E-state index in [9.17, 15) is 9.59 Å². The maximum atomic E-state index is 12.3. The maximum absolute atomic E-state index is 12.3. The molecule has 1 saturated heterocycles. The minimum Gasteiger partial charge on any atom is -0.347 e. The summed E-state index contributed by atoms with van der Waals surface area (Å²) in [6.45, 7) is 3.34. The summed E-state index contributed by atoms with van der Waals surface area (Å²) in [5, 5.41) is 3.00. The first-order chi connectivity index (χ1) is 10.1. The minimum atomic E-state index is -0.112. The number of hydrogen-bond acceptors (Lipinski definition) is 3. The molecular formula is C15H22N4O2. The van der Waals surface area contributed by atoms with Gasteiger partial charge in [-0.25, -0.2) is 4.98 Å². The molecule has 6 heteroatoms. The molecule has 0 bridgehead atoms. The summed E-state index contributed by atoms with van der Waals surface area (Å²) >= 11 is 0. The average molecular weight is 290 g/mol. The van der Waals surface area contributed by atoms with E-state index >= 15 is 0 Å². The van der Waals surface area contributed by atoms with Gasteiger partial charge >= 0.3 is 0 Å². The van der Waals surface area contributed by atoms with E-state index in [4.69, 9.17) is 0 Å². The van der Waals surface area contributed by atoms with Crippen LogP contribution in [-0.2, 0) is 9.59 Å². The van der Waals surface area contributed by atoms with Crippen LogP contribution in [0, 0.1) is 11.8 Å². The Morgan fingerprint density at radius 3 is 2.57 bits per heavy atom. The summed E-state index contributed by atoms with van der Waals surface area (Å²) in [5.74, 6) is 1.40. The van der Waals surface area contributed by atoms with Gasteiger partial charge in [0.05, 0.1) is 6.04 Å². The lowest BCUT2D eigenvalue weighted by Crippen LogP contribution is -2.44. The molecule has 2 amide bonds. The van der Waals surface area contributed by atoms with Crippen LogP contribution in [0.15, 0.2) is 12.4 Å². The molecule has 2 N–H and O–H groups in total. The predicted octanol–water partition coefficient (Wildman–Crippen LogP) is 1.24. The highest BCUT2D eigenvalue weighted by Gasteiger charge is 2.36. The van der Waals surface area contributed by atoms with Crippen LogP contribution in [0.3, 0.4) is 0 Å². The fourth-order valence-electron chi connectivity index (χ4n) is 2.86. The van der Waals surface area contributed by atoms with Crippen molar-refractivity contribution in [1.29, 1.82) is 0 Å². The Morgan fingerprint density at radius 2 is 2.00 bits per heavy atom.